The van der Waals surface area contributed by atoms with Gasteiger partial charge in [-0.3, -0.25) is 9.78 Å². The molecule has 4 rings (SSSR count). The third-order valence-corrected chi connectivity index (χ3v) is 6.80. The fourth-order valence-corrected chi connectivity index (χ4v) is 5.04. The highest BCUT2D eigenvalue weighted by atomic mass is 32.2. The van der Waals surface area contributed by atoms with Crippen molar-refractivity contribution in [1.29, 1.82) is 0 Å². The van der Waals surface area contributed by atoms with E-state index in [4.69, 9.17) is 5.73 Å². The minimum absolute atomic E-state index is 0.0779. The maximum atomic E-state index is 14.6. The Morgan fingerprint density at radius 1 is 1.09 bits per heavy atom. The van der Waals surface area contributed by atoms with Gasteiger partial charge < -0.3 is 11.1 Å². The zero-order valence-corrected chi connectivity index (χ0v) is 19.6. The van der Waals surface area contributed by atoms with Crippen LogP contribution >= 0.6 is 11.8 Å². The smallest absolute Gasteiger partial charge is 0.274 e. The first-order valence-electron chi connectivity index (χ1n) is 11.0. The van der Waals surface area contributed by atoms with Crippen LogP contribution in [0, 0.1) is 23.4 Å². The van der Waals surface area contributed by atoms with Crippen molar-refractivity contribution < 1.29 is 18.0 Å². The van der Waals surface area contributed by atoms with Crippen LogP contribution in [-0.2, 0) is 0 Å². The van der Waals surface area contributed by atoms with E-state index in [1.807, 2.05) is 6.07 Å². The van der Waals surface area contributed by atoms with Gasteiger partial charge in [-0.05, 0) is 73.2 Å². The van der Waals surface area contributed by atoms with Crippen LogP contribution in [0.25, 0.3) is 11.3 Å². The van der Waals surface area contributed by atoms with E-state index in [0.717, 1.165) is 54.8 Å². The lowest BCUT2D eigenvalue weighted by atomic mass is 9.76. The average molecular weight is 487 g/mol. The molecular weight excluding hydrogens is 461 g/mol. The first-order valence-corrected chi connectivity index (χ1v) is 12.2. The van der Waals surface area contributed by atoms with E-state index < -0.39 is 34.6 Å². The second-order valence-corrected chi connectivity index (χ2v) is 9.56. The molecule has 2 aromatic heterocycles. The SMILES string of the molecule is CSc1cc(F)c(-c2nc(C(=O)Nc3cnccc3[C@@H]3C[C@H](C)C[C@H](N)C3)ccc2F)c(F)c1. The Morgan fingerprint density at radius 3 is 2.50 bits per heavy atom. The number of aromatic nitrogens is 2. The van der Waals surface area contributed by atoms with Crippen LogP contribution in [0.3, 0.4) is 0 Å². The zero-order chi connectivity index (χ0) is 24.4. The molecule has 3 atom stereocenters. The van der Waals surface area contributed by atoms with Gasteiger partial charge in [0.1, 0.15) is 28.8 Å². The minimum Gasteiger partial charge on any atom is -0.328 e. The minimum atomic E-state index is -0.953. The Bertz CT molecular complexity index is 1190. The lowest BCUT2D eigenvalue weighted by molar-refractivity contribution is 0.102. The molecule has 178 valence electrons. The van der Waals surface area contributed by atoms with E-state index >= 15 is 0 Å². The van der Waals surface area contributed by atoms with Crippen LogP contribution in [-0.4, -0.2) is 28.2 Å². The molecule has 1 aromatic carbocycles. The van der Waals surface area contributed by atoms with Gasteiger partial charge in [0, 0.05) is 17.1 Å². The lowest BCUT2D eigenvalue weighted by Crippen LogP contribution is -2.31. The number of carbonyl (C=O) groups excluding carboxylic acids is 1. The van der Waals surface area contributed by atoms with E-state index in [-0.39, 0.29) is 17.7 Å². The summed E-state index contributed by atoms with van der Waals surface area (Å²) >= 11 is 1.16. The van der Waals surface area contributed by atoms with Crippen LogP contribution in [0.2, 0.25) is 0 Å². The Balaban J connectivity index is 1.64. The van der Waals surface area contributed by atoms with E-state index in [0.29, 0.717) is 16.5 Å². The van der Waals surface area contributed by atoms with Gasteiger partial charge in [-0.2, -0.15) is 0 Å². The highest BCUT2D eigenvalue weighted by molar-refractivity contribution is 7.98. The number of anilines is 1. The number of hydrogen-bond donors (Lipinski definition) is 2. The van der Waals surface area contributed by atoms with Crippen molar-refractivity contribution in [3.05, 3.63) is 71.4 Å². The highest BCUT2D eigenvalue weighted by Gasteiger charge is 2.28. The monoisotopic (exact) mass is 486 g/mol. The topological polar surface area (TPSA) is 80.9 Å². The number of nitrogens with one attached hydrogen (secondary N) is 1. The third-order valence-electron chi connectivity index (χ3n) is 6.09. The normalized spacial score (nSPS) is 20.2. The number of benzene rings is 1. The Hall–Kier alpha value is -2.91. The van der Waals surface area contributed by atoms with Gasteiger partial charge in [-0.1, -0.05) is 6.92 Å². The molecule has 34 heavy (non-hydrogen) atoms. The Kier molecular flexibility index (Phi) is 7.23. The Morgan fingerprint density at radius 2 is 1.82 bits per heavy atom. The average Bonchev–Trinajstić information content (AvgIpc) is 2.79. The van der Waals surface area contributed by atoms with Crippen molar-refractivity contribution in [2.75, 3.05) is 11.6 Å². The third kappa shape index (κ3) is 5.10. The quantitative estimate of drug-likeness (QED) is 0.448. The summed E-state index contributed by atoms with van der Waals surface area (Å²) in [5.74, 6) is -2.86. The molecule has 1 aliphatic carbocycles. The van der Waals surface area contributed by atoms with Crippen molar-refractivity contribution in [2.45, 2.75) is 43.0 Å². The zero-order valence-electron chi connectivity index (χ0n) is 18.8. The first-order chi connectivity index (χ1) is 16.3. The molecule has 1 amide bonds. The number of thioether (sulfide) groups is 1. The largest absolute Gasteiger partial charge is 0.328 e. The maximum Gasteiger partial charge on any atom is 0.274 e. The molecule has 0 saturated heterocycles. The van der Waals surface area contributed by atoms with Crippen molar-refractivity contribution >= 4 is 23.4 Å². The summed E-state index contributed by atoms with van der Waals surface area (Å²) in [5, 5.41) is 2.78. The predicted octanol–water partition coefficient (Wildman–Crippen LogP) is 5.77. The molecule has 1 fully saturated rings. The number of hydrogen-bond acceptors (Lipinski definition) is 5. The molecule has 1 aliphatic rings. The van der Waals surface area contributed by atoms with E-state index in [1.165, 1.54) is 6.07 Å². The molecule has 0 bridgehead atoms. The van der Waals surface area contributed by atoms with Crippen LogP contribution in [0.1, 0.15) is 48.2 Å². The number of carbonyl (C=O) groups is 1. The second-order valence-electron chi connectivity index (χ2n) is 8.68. The fraction of sp³-hybridized carbons (Fsp3) is 0.320. The van der Waals surface area contributed by atoms with Gasteiger partial charge in [-0.25, -0.2) is 18.2 Å². The van der Waals surface area contributed by atoms with Crippen molar-refractivity contribution in [3.63, 3.8) is 0 Å². The van der Waals surface area contributed by atoms with Crippen LogP contribution in [0.4, 0.5) is 18.9 Å². The predicted molar refractivity (Wildman–Crippen MR) is 127 cm³/mol. The number of halogens is 3. The second kappa shape index (κ2) is 10.1. The van der Waals surface area contributed by atoms with Gasteiger partial charge in [0.15, 0.2) is 0 Å². The number of amides is 1. The number of nitrogens with two attached hydrogens (primary N) is 1. The summed E-state index contributed by atoms with van der Waals surface area (Å²) in [5.41, 5.74) is 6.29. The number of rotatable bonds is 5. The van der Waals surface area contributed by atoms with Gasteiger partial charge in [0.25, 0.3) is 5.91 Å². The van der Waals surface area contributed by atoms with E-state index in [9.17, 15) is 18.0 Å². The molecule has 3 aromatic rings. The van der Waals surface area contributed by atoms with Crippen LogP contribution < -0.4 is 11.1 Å². The summed E-state index contributed by atoms with van der Waals surface area (Å²) in [6, 6.07) is 6.30. The van der Waals surface area contributed by atoms with E-state index in [2.05, 4.69) is 22.2 Å². The lowest BCUT2D eigenvalue weighted by Gasteiger charge is -2.32. The van der Waals surface area contributed by atoms with Gasteiger partial charge in [0.05, 0.1) is 17.4 Å². The molecule has 2 heterocycles. The Labute approximate surface area is 200 Å². The molecule has 1 saturated carbocycles. The van der Waals surface area contributed by atoms with Crippen LogP contribution in [0.15, 0.2) is 47.6 Å². The van der Waals surface area contributed by atoms with Gasteiger partial charge in [-0.15, -0.1) is 11.8 Å². The molecular formula is C25H25F3N4OS. The summed E-state index contributed by atoms with van der Waals surface area (Å²) in [6.07, 6.45) is 7.56. The molecule has 9 heteroatoms. The molecule has 0 unspecified atom stereocenters. The van der Waals surface area contributed by atoms with Gasteiger partial charge in [0.2, 0.25) is 0 Å². The summed E-state index contributed by atoms with van der Waals surface area (Å²) in [7, 11) is 0. The van der Waals surface area contributed by atoms with Crippen LogP contribution in [0.5, 0.6) is 0 Å². The molecule has 0 radical (unpaired) electrons. The number of nitrogens with zero attached hydrogens (tertiary/aromatic N) is 2. The first kappa shape index (κ1) is 24.2. The molecule has 5 nitrogen and oxygen atoms in total. The molecule has 0 spiro atoms. The molecule has 0 aliphatic heterocycles. The summed E-state index contributed by atoms with van der Waals surface area (Å²) in [4.78, 5) is 21.4. The standard InChI is InChI=1S/C25H25F3N4OS/c1-13-7-14(9-15(29)8-13)17-5-6-30-12-22(17)32-25(33)21-4-3-18(26)24(31-21)23-19(27)10-16(34-2)11-20(23)28/h3-6,10-15H,7-9,29H2,1-2H3,(H,32,33)/t13-,14+,15-/m0/s1. The molecule has 3 N–H and O–H groups in total. The fourth-order valence-electron chi connectivity index (χ4n) is 4.60. The van der Waals surface area contributed by atoms with Crippen molar-refractivity contribution in [2.24, 2.45) is 11.7 Å². The van der Waals surface area contributed by atoms with E-state index in [1.54, 1.807) is 18.6 Å². The summed E-state index contributed by atoms with van der Waals surface area (Å²) in [6.45, 7) is 2.15. The van der Waals surface area contributed by atoms with Crippen molar-refractivity contribution in [1.82, 2.24) is 9.97 Å². The number of pyridine rings is 2. The van der Waals surface area contributed by atoms with Crippen molar-refractivity contribution in [3.8, 4) is 11.3 Å². The van der Waals surface area contributed by atoms with Gasteiger partial charge >= 0.3 is 0 Å². The highest BCUT2D eigenvalue weighted by Crippen LogP contribution is 2.38. The summed E-state index contributed by atoms with van der Waals surface area (Å²) < 4.78 is 43.7. The maximum absolute atomic E-state index is 14.6.